The highest BCUT2D eigenvalue weighted by Gasteiger charge is 2.17. The molecular formula is C23H18ClIN4O2. The highest BCUT2D eigenvalue weighted by molar-refractivity contribution is 14.2. The zero-order chi connectivity index (χ0) is 21.5. The number of allylic oxidation sites excluding steroid dienone is 1. The van der Waals surface area contributed by atoms with Crippen molar-refractivity contribution in [3.63, 3.8) is 0 Å². The summed E-state index contributed by atoms with van der Waals surface area (Å²) in [5.74, 6) is 0.510. The molecule has 0 atom stereocenters. The smallest absolute Gasteiger partial charge is 0.333 e. The van der Waals surface area contributed by atoms with E-state index in [0.717, 1.165) is 11.3 Å². The number of imidazole rings is 1. The Bertz CT molecular complexity index is 1430. The molecule has 0 fully saturated rings. The van der Waals surface area contributed by atoms with E-state index >= 15 is 0 Å². The fourth-order valence-corrected chi connectivity index (χ4v) is 5.99. The van der Waals surface area contributed by atoms with Crippen molar-refractivity contribution in [3.05, 3.63) is 85.3 Å². The number of halogens is 2. The Morgan fingerprint density at radius 3 is 2.90 bits per heavy atom. The van der Waals surface area contributed by atoms with Crippen LogP contribution in [0, 0.1) is 3.70 Å². The number of rotatable bonds is 4. The van der Waals surface area contributed by atoms with Gasteiger partial charge in [0.05, 0.1) is 32.9 Å². The number of nitrogens with one attached hydrogen (secondary N) is 1. The van der Waals surface area contributed by atoms with Crippen LogP contribution in [0.4, 0.5) is 0 Å². The van der Waals surface area contributed by atoms with Crippen molar-refractivity contribution in [2.24, 2.45) is 7.05 Å². The van der Waals surface area contributed by atoms with Crippen LogP contribution in [0.2, 0.25) is 5.02 Å². The van der Waals surface area contributed by atoms with Gasteiger partial charge in [-0.1, -0.05) is 32.3 Å². The lowest BCUT2D eigenvalue weighted by molar-refractivity contribution is 0.415. The van der Waals surface area contributed by atoms with Gasteiger partial charge in [-0.2, -0.15) is 0 Å². The van der Waals surface area contributed by atoms with Crippen LogP contribution in [0.1, 0.15) is 11.1 Å². The van der Waals surface area contributed by atoms with Crippen molar-refractivity contribution >= 4 is 48.0 Å². The summed E-state index contributed by atoms with van der Waals surface area (Å²) in [6, 6.07) is 11.4. The molecule has 6 nitrogen and oxygen atoms in total. The second-order valence-electron chi connectivity index (χ2n) is 7.06. The molecule has 1 aromatic carbocycles. The highest BCUT2D eigenvalue weighted by Crippen LogP contribution is 2.31. The highest BCUT2D eigenvalue weighted by atomic mass is 127. The van der Waals surface area contributed by atoms with Gasteiger partial charge in [-0.3, -0.25) is 9.55 Å². The summed E-state index contributed by atoms with van der Waals surface area (Å²) < 4.78 is 12.1. The number of aromatic nitrogens is 4. The molecule has 0 amide bonds. The van der Waals surface area contributed by atoms with Crippen LogP contribution < -0.4 is 10.4 Å². The van der Waals surface area contributed by atoms with Crippen molar-refractivity contribution < 1.29 is 4.74 Å². The minimum absolute atomic E-state index is 0.169. The van der Waals surface area contributed by atoms with Crippen LogP contribution in [0.15, 0.2) is 59.8 Å². The molecule has 0 saturated heterocycles. The zero-order valence-corrected chi connectivity index (χ0v) is 19.7. The first kappa shape index (κ1) is 20.0. The number of aromatic amines is 1. The predicted octanol–water partition coefficient (Wildman–Crippen LogP) is 4.72. The normalized spacial score (nSPS) is 12.8. The molecule has 4 aromatic rings. The summed E-state index contributed by atoms with van der Waals surface area (Å²) in [5, 5.41) is 0.490. The van der Waals surface area contributed by atoms with Crippen LogP contribution in [0.3, 0.4) is 0 Å². The Morgan fingerprint density at radius 2 is 2.06 bits per heavy atom. The number of nitrogens with zero attached hydrogens (tertiary/aromatic N) is 3. The third kappa shape index (κ3) is 3.57. The van der Waals surface area contributed by atoms with Crippen molar-refractivity contribution in [2.45, 2.75) is 0 Å². The van der Waals surface area contributed by atoms with Gasteiger partial charge in [-0.15, -0.1) is 0 Å². The Kier molecular flexibility index (Phi) is 5.15. The second-order valence-corrected chi connectivity index (χ2v) is 9.79. The Labute approximate surface area is 193 Å². The summed E-state index contributed by atoms with van der Waals surface area (Å²) in [4.78, 5) is 20.8. The molecule has 0 bridgehead atoms. The molecule has 1 aliphatic heterocycles. The Balaban J connectivity index is 1.63. The number of hydrogen-bond donors (Lipinski definition) is 1. The van der Waals surface area contributed by atoms with E-state index in [-0.39, 0.29) is 26.4 Å². The quantitative estimate of drug-likeness (QED) is 0.378. The number of H-pyrrole nitrogens is 1. The van der Waals surface area contributed by atoms with Gasteiger partial charge in [0.2, 0.25) is 0 Å². The third-order valence-corrected chi connectivity index (χ3v) is 7.97. The topological polar surface area (TPSA) is 64.8 Å². The number of fused-ring (bicyclic) bond motifs is 1. The zero-order valence-electron chi connectivity index (χ0n) is 16.8. The van der Waals surface area contributed by atoms with Crippen LogP contribution in [0.25, 0.3) is 28.7 Å². The molecule has 31 heavy (non-hydrogen) atoms. The molecule has 0 radical (unpaired) electrons. The molecule has 4 heterocycles. The van der Waals surface area contributed by atoms with Gasteiger partial charge in [0.15, 0.2) is 0 Å². The van der Waals surface area contributed by atoms with Crippen molar-refractivity contribution in [2.75, 3.05) is 7.11 Å². The molecule has 1 aliphatic rings. The van der Waals surface area contributed by atoms with Gasteiger partial charge in [0.1, 0.15) is 5.75 Å². The van der Waals surface area contributed by atoms with Crippen LogP contribution in [-0.4, -0.2) is 30.2 Å². The number of benzene rings is 1. The molecule has 1 N–H and O–H groups in total. The Hall–Kier alpha value is -2.91. The van der Waals surface area contributed by atoms with E-state index in [1.165, 1.54) is 14.8 Å². The fourth-order valence-electron chi connectivity index (χ4n) is 3.55. The van der Waals surface area contributed by atoms with Crippen molar-refractivity contribution in [3.8, 4) is 22.8 Å². The number of hydrogen-bond acceptors (Lipinski definition) is 3. The maximum atomic E-state index is 12.9. The summed E-state index contributed by atoms with van der Waals surface area (Å²) in [5.41, 5.74) is 5.42. The summed E-state index contributed by atoms with van der Waals surface area (Å²) >= 11 is 5.97. The molecule has 3 aromatic heterocycles. The standard InChI is InChI=1S/C23H18ClIN4O2/c1-28-13-20(29(23(28)30)17-3-4-18(24)21(11-17)31-2)19-10-14(5-7-26-19)16-9-15-6-8-27-22(15)25-12-16/h3-13,27H,1-2H3. The maximum absolute atomic E-state index is 12.9. The molecule has 8 heteroatoms. The van der Waals surface area contributed by atoms with Crippen molar-refractivity contribution in [1.29, 1.82) is 0 Å². The summed E-state index contributed by atoms with van der Waals surface area (Å²) in [6.45, 7) is 0. The molecule has 5 rings (SSSR count). The van der Waals surface area contributed by atoms with Crippen molar-refractivity contribution in [1.82, 2.24) is 19.1 Å². The second kappa shape index (κ2) is 7.97. The molecule has 0 aliphatic carbocycles. The first-order valence-electron chi connectivity index (χ1n) is 9.50. The number of methoxy groups -OCH3 is 1. The monoisotopic (exact) mass is 544 g/mol. The first-order chi connectivity index (χ1) is 15.0. The first-order valence-corrected chi connectivity index (χ1v) is 12.2. The summed E-state index contributed by atoms with van der Waals surface area (Å²) in [7, 11) is 3.28. The lowest BCUT2D eigenvalue weighted by atomic mass is 10.1. The van der Waals surface area contributed by atoms with E-state index < -0.39 is 0 Å². The minimum Gasteiger partial charge on any atom is -0.495 e. The van der Waals surface area contributed by atoms with Crippen LogP contribution in [-0.2, 0) is 7.05 Å². The Morgan fingerprint density at radius 1 is 1.19 bits per heavy atom. The number of pyridine rings is 1. The molecule has 0 unspecified atom stereocenters. The van der Waals surface area contributed by atoms with E-state index in [9.17, 15) is 4.79 Å². The fraction of sp³-hybridized carbons (Fsp3) is 0.0870. The lowest BCUT2D eigenvalue weighted by Crippen LogP contribution is -2.21. The van der Waals surface area contributed by atoms with E-state index in [0.29, 0.717) is 22.2 Å². The van der Waals surface area contributed by atoms with E-state index in [1.807, 2.05) is 18.3 Å². The van der Waals surface area contributed by atoms with Gasteiger partial charge in [0, 0.05) is 37.3 Å². The SMILES string of the molecule is COc1cc(-n2c(-c3cc(C4=Cc5cc[nH]c5I=C4)ccn3)cn(C)c2=O)ccc1Cl. The minimum atomic E-state index is -0.207. The maximum Gasteiger partial charge on any atom is 0.333 e. The van der Waals surface area contributed by atoms with Gasteiger partial charge in [-0.25, -0.2) is 4.79 Å². The van der Waals surface area contributed by atoms with E-state index in [4.69, 9.17) is 16.3 Å². The van der Waals surface area contributed by atoms with E-state index in [2.05, 4.69) is 26.1 Å². The average Bonchev–Trinajstić information content (AvgIpc) is 3.38. The molecule has 0 spiro atoms. The van der Waals surface area contributed by atoms with Gasteiger partial charge < -0.3 is 14.3 Å². The lowest BCUT2D eigenvalue weighted by Gasteiger charge is -2.11. The van der Waals surface area contributed by atoms with Gasteiger partial charge in [0.25, 0.3) is 0 Å². The number of aryl methyl sites for hydroxylation is 1. The molecular weight excluding hydrogens is 527 g/mol. The van der Waals surface area contributed by atoms with Crippen LogP contribution >= 0.6 is 32.3 Å². The van der Waals surface area contributed by atoms with E-state index in [1.54, 1.807) is 53.9 Å². The van der Waals surface area contributed by atoms with Gasteiger partial charge >= 0.3 is 5.69 Å². The molecule has 0 saturated carbocycles. The van der Waals surface area contributed by atoms with Crippen LogP contribution in [0.5, 0.6) is 5.75 Å². The molecule has 156 valence electrons. The predicted molar refractivity (Wildman–Crippen MR) is 133 cm³/mol. The van der Waals surface area contributed by atoms with Gasteiger partial charge in [-0.05, 0) is 51.6 Å². The third-order valence-electron chi connectivity index (χ3n) is 5.12. The largest absolute Gasteiger partial charge is 0.495 e. The average molecular weight is 545 g/mol. The summed E-state index contributed by atoms with van der Waals surface area (Å²) in [6.07, 6.45) is 7.76. The number of ether oxygens (including phenoxy) is 1.